The molecule has 0 aliphatic rings. The van der Waals surface area contributed by atoms with Gasteiger partial charge in [-0.3, -0.25) is 13.8 Å². The molecule has 0 aliphatic carbocycles. The van der Waals surface area contributed by atoms with Gasteiger partial charge in [0, 0.05) is 11.1 Å². The minimum Gasteiger partial charge on any atom is -0.325 e. The molecule has 5 aromatic carbocycles. The van der Waals surface area contributed by atoms with Crippen LogP contribution >= 0.6 is 0 Å². The molecule has 0 fully saturated rings. The van der Waals surface area contributed by atoms with E-state index in [-0.39, 0.29) is 9.79 Å². The van der Waals surface area contributed by atoms with E-state index in [0.29, 0.717) is 17.1 Å². The molecule has 1 amide bonds. The molecule has 0 saturated heterocycles. The lowest BCUT2D eigenvalue weighted by atomic mass is 10.1. The van der Waals surface area contributed by atoms with Gasteiger partial charge in [0.25, 0.3) is 20.0 Å². The Morgan fingerprint density at radius 2 is 1.35 bits per heavy atom. The number of nitrogens with one attached hydrogen (secondary N) is 2. The Kier molecular flexibility index (Phi) is 8.25. The van der Waals surface area contributed by atoms with Gasteiger partial charge < -0.3 is 5.32 Å². The van der Waals surface area contributed by atoms with Crippen molar-refractivity contribution in [2.24, 2.45) is 0 Å². The van der Waals surface area contributed by atoms with E-state index in [1.807, 2.05) is 57.2 Å². The quantitative estimate of drug-likeness (QED) is 0.200. The van der Waals surface area contributed by atoms with E-state index < -0.39 is 32.5 Å². The van der Waals surface area contributed by atoms with Crippen LogP contribution in [0.5, 0.6) is 0 Å². The first-order chi connectivity index (χ1) is 20.4. The van der Waals surface area contributed by atoms with Crippen molar-refractivity contribution in [3.63, 3.8) is 0 Å². The van der Waals surface area contributed by atoms with Crippen LogP contribution in [0.2, 0.25) is 0 Å². The highest BCUT2D eigenvalue weighted by Crippen LogP contribution is 2.28. The molecule has 8 nitrogen and oxygen atoms in total. The van der Waals surface area contributed by atoms with Crippen molar-refractivity contribution in [1.82, 2.24) is 0 Å². The number of nitrogens with zero attached hydrogens (tertiary/aromatic N) is 1. The molecule has 0 radical (unpaired) electrons. The number of hydrogen-bond donors (Lipinski definition) is 2. The molecule has 10 heteroatoms. The van der Waals surface area contributed by atoms with Crippen LogP contribution in [0.1, 0.15) is 16.7 Å². The Labute approximate surface area is 252 Å². The Morgan fingerprint density at radius 3 is 2.05 bits per heavy atom. The number of hydrogen-bond acceptors (Lipinski definition) is 5. The van der Waals surface area contributed by atoms with E-state index in [0.717, 1.165) is 31.8 Å². The number of carbonyl (C=O) groups is 1. The predicted octanol–water partition coefficient (Wildman–Crippen LogP) is 6.40. The Bertz CT molecular complexity index is 2020. The summed E-state index contributed by atoms with van der Waals surface area (Å²) >= 11 is 0. The lowest BCUT2D eigenvalue weighted by molar-refractivity contribution is -0.114. The van der Waals surface area contributed by atoms with Crippen molar-refractivity contribution in [2.45, 2.75) is 30.6 Å². The van der Waals surface area contributed by atoms with Gasteiger partial charge in [-0.25, -0.2) is 16.8 Å². The number of rotatable bonds is 9. The van der Waals surface area contributed by atoms with Crippen LogP contribution in [0.25, 0.3) is 10.8 Å². The first-order valence-electron chi connectivity index (χ1n) is 13.5. The van der Waals surface area contributed by atoms with E-state index in [2.05, 4.69) is 10.0 Å². The molecule has 0 aromatic heterocycles. The molecule has 0 unspecified atom stereocenters. The zero-order valence-corrected chi connectivity index (χ0v) is 25.5. The molecule has 0 bridgehead atoms. The molecule has 5 rings (SSSR count). The van der Waals surface area contributed by atoms with Gasteiger partial charge in [-0.05, 0) is 91.9 Å². The summed E-state index contributed by atoms with van der Waals surface area (Å²) in [6.07, 6.45) is 0. The van der Waals surface area contributed by atoms with Crippen molar-refractivity contribution in [3.05, 3.63) is 126 Å². The smallest absolute Gasteiger partial charge is 0.264 e. The molecular weight excluding hydrogens is 583 g/mol. The third kappa shape index (κ3) is 6.55. The molecule has 2 N–H and O–H groups in total. The maximum atomic E-state index is 13.7. The summed E-state index contributed by atoms with van der Waals surface area (Å²) in [5, 5.41) is 4.37. The van der Waals surface area contributed by atoms with Gasteiger partial charge in [0.1, 0.15) is 6.54 Å². The van der Waals surface area contributed by atoms with Gasteiger partial charge in [0.2, 0.25) is 5.91 Å². The zero-order valence-electron chi connectivity index (χ0n) is 23.9. The number of anilines is 3. The Balaban J connectivity index is 1.36. The van der Waals surface area contributed by atoms with Gasteiger partial charge in [0.05, 0.1) is 21.2 Å². The fraction of sp³-hybridized carbons (Fsp3) is 0.121. The Hall–Kier alpha value is -4.67. The van der Waals surface area contributed by atoms with Crippen molar-refractivity contribution in [2.75, 3.05) is 20.9 Å². The number of benzene rings is 5. The SMILES string of the molecule is Cc1ccc(S(=O)(=O)N(CC(=O)Nc2ccc(S(=O)(=O)Nc3cccc4ccccc34)cc2)c2ccc(C)c(C)c2)cc1. The second-order valence-corrected chi connectivity index (χ2v) is 13.8. The first kappa shape index (κ1) is 29.8. The molecule has 43 heavy (non-hydrogen) atoms. The van der Waals surface area contributed by atoms with Gasteiger partial charge in [-0.2, -0.15) is 0 Å². The highest BCUT2D eigenvalue weighted by Gasteiger charge is 2.27. The second kappa shape index (κ2) is 11.9. The average Bonchev–Trinajstić information content (AvgIpc) is 2.98. The summed E-state index contributed by atoms with van der Waals surface area (Å²) in [4.78, 5) is 13.3. The lowest BCUT2D eigenvalue weighted by Gasteiger charge is -2.25. The molecule has 0 spiro atoms. The summed E-state index contributed by atoms with van der Waals surface area (Å²) in [5.41, 5.74) is 3.92. The first-order valence-corrected chi connectivity index (χ1v) is 16.4. The van der Waals surface area contributed by atoms with Crippen molar-refractivity contribution in [3.8, 4) is 0 Å². The van der Waals surface area contributed by atoms with Crippen LogP contribution in [-0.4, -0.2) is 29.3 Å². The van der Waals surface area contributed by atoms with E-state index in [1.54, 1.807) is 36.4 Å². The van der Waals surface area contributed by atoms with E-state index in [1.165, 1.54) is 36.4 Å². The van der Waals surface area contributed by atoms with E-state index in [9.17, 15) is 21.6 Å². The highest BCUT2D eigenvalue weighted by molar-refractivity contribution is 7.93. The summed E-state index contributed by atoms with van der Waals surface area (Å²) in [6, 6.07) is 30.2. The zero-order chi connectivity index (χ0) is 30.8. The van der Waals surface area contributed by atoms with Crippen LogP contribution in [-0.2, 0) is 24.8 Å². The van der Waals surface area contributed by atoms with E-state index in [4.69, 9.17) is 0 Å². The molecular formula is C33H31N3O5S2. The second-order valence-electron chi connectivity index (χ2n) is 10.3. The largest absolute Gasteiger partial charge is 0.325 e. The number of sulfonamides is 2. The fourth-order valence-electron chi connectivity index (χ4n) is 4.60. The molecule has 0 saturated carbocycles. The van der Waals surface area contributed by atoms with Gasteiger partial charge in [-0.15, -0.1) is 0 Å². The summed E-state index contributed by atoms with van der Waals surface area (Å²) in [7, 11) is -7.99. The average molecular weight is 614 g/mol. The molecule has 5 aromatic rings. The van der Waals surface area contributed by atoms with Crippen LogP contribution in [0, 0.1) is 20.8 Å². The molecule has 220 valence electrons. The Morgan fingerprint density at radius 1 is 0.698 bits per heavy atom. The standard InChI is InChI=1S/C33H31N3O5S2/c1-23-11-17-30(18-12-23)43(40,41)36(28-16-13-24(2)25(3)21-28)22-33(37)34-27-14-19-29(20-15-27)42(38,39)35-32-10-6-8-26-7-4-5-9-31(26)32/h4-21,35H,22H2,1-3H3,(H,34,37). The minimum atomic E-state index is -4.07. The molecule has 0 heterocycles. The van der Waals surface area contributed by atoms with E-state index >= 15 is 0 Å². The number of carbonyl (C=O) groups excluding carboxylic acids is 1. The van der Waals surface area contributed by atoms with Crippen LogP contribution in [0.15, 0.2) is 119 Å². The predicted molar refractivity (Wildman–Crippen MR) is 171 cm³/mol. The third-order valence-electron chi connectivity index (χ3n) is 7.16. The van der Waals surface area contributed by atoms with Gasteiger partial charge >= 0.3 is 0 Å². The van der Waals surface area contributed by atoms with Crippen molar-refractivity contribution >= 4 is 53.8 Å². The number of aryl methyl sites for hydroxylation is 3. The topological polar surface area (TPSA) is 113 Å². The fourth-order valence-corrected chi connectivity index (χ4v) is 7.09. The van der Waals surface area contributed by atoms with Crippen LogP contribution in [0.3, 0.4) is 0 Å². The third-order valence-corrected chi connectivity index (χ3v) is 10.3. The summed E-state index contributed by atoms with van der Waals surface area (Å²) in [6.45, 7) is 5.18. The lowest BCUT2D eigenvalue weighted by Crippen LogP contribution is -2.38. The number of fused-ring (bicyclic) bond motifs is 1. The summed E-state index contributed by atoms with van der Waals surface area (Å²) in [5.74, 6) is -0.585. The van der Waals surface area contributed by atoms with Crippen LogP contribution < -0.4 is 14.3 Å². The molecule has 0 aliphatic heterocycles. The van der Waals surface area contributed by atoms with Gasteiger partial charge in [-0.1, -0.05) is 60.2 Å². The summed E-state index contributed by atoms with van der Waals surface area (Å²) < 4.78 is 57.3. The maximum absolute atomic E-state index is 13.7. The van der Waals surface area contributed by atoms with Crippen molar-refractivity contribution in [1.29, 1.82) is 0 Å². The monoisotopic (exact) mass is 613 g/mol. The molecule has 0 atom stereocenters. The highest BCUT2D eigenvalue weighted by atomic mass is 32.2. The normalized spacial score (nSPS) is 11.7. The minimum absolute atomic E-state index is 0.0112. The maximum Gasteiger partial charge on any atom is 0.264 e. The van der Waals surface area contributed by atoms with Crippen LogP contribution in [0.4, 0.5) is 17.1 Å². The van der Waals surface area contributed by atoms with Crippen molar-refractivity contribution < 1.29 is 21.6 Å². The number of amides is 1. The van der Waals surface area contributed by atoms with Gasteiger partial charge in [0.15, 0.2) is 0 Å².